The summed E-state index contributed by atoms with van der Waals surface area (Å²) in [5, 5.41) is 3.51. The van der Waals surface area contributed by atoms with Gasteiger partial charge in [0.25, 0.3) is 5.91 Å². The average molecular weight is 404 g/mol. The van der Waals surface area contributed by atoms with Crippen molar-refractivity contribution in [2.24, 2.45) is 0 Å². The highest BCUT2D eigenvalue weighted by molar-refractivity contribution is 6.30. The Kier molecular flexibility index (Phi) is 6.41. The van der Waals surface area contributed by atoms with Crippen LogP contribution in [0.15, 0.2) is 42.5 Å². The normalized spacial score (nSPS) is 16.3. The monoisotopic (exact) mass is 403 g/mol. The van der Waals surface area contributed by atoms with Crippen molar-refractivity contribution >= 4 is 23.5 Å². The molecule has 0 fully saturated rings. The van der Waals surface area contributed by atoms with Crippen LogP contribution in [-0.4, -0.2) is 31.2 Å². The van der Waals surface area contributed by atoms with E-state index < -0.39 is 12.1 Å². The van der Waals surface area contributed by atoms with Gasteiger partial charge in [0.1, 0.15) is 11.5 Å². The molecule has 1 amide bonds. The highest BCUT2D eigenvalue weighted by Crippen LogP contribution is 2.31. The molecule has 6 nitrogen and oxygen atoms in total. The second-order valence-electron chi connectivity index (χ2n) is 6.57. The number of fused-ring (bicyclic) bond motifs is 1. The van der Waals surface area contributed by atoms with Gasteiger partial charge >= 0.3 is 5.97 Å². The van der Waals surface area contributed by atoms with Gasteiger partial charge in [0.2, 0.25) is 0 Å². The maximum atomic E-state index is 12.4. The van der Waals surface area contributed by atoms with Crippen LogP contribution in [0.2, 0.25) is 5.02 Å². The lowest BCUT2D eigenvalue weighted by atomic mass is 10.0. The van der Waals surface area contributed by atoms with E-state index in [1.165, 1.54) is 6.92 Å². The Bertz CT molecular complexity index is 870. The molecular weight excluding hydrogens is 382 g/mol. The SMILES string of the molecule is Cc1cc(Cl)ccc1OCC(=O)OC(C)C(=O)NC1CCOc2ccccc21. The van der Waals surface area contributed by atoms with Crippen molar-refractivity contribution in [3.8, 4) is 11.5 Å². The number of esters is 1. The molecule has 2 aromatic rings. The summed E-state index contributed by atoms with van der Waals surface area (Å²) in [5.41, 5.74) is 1.73. The van der Waals surface area contributed by atoms with Crippen molar-refractivity contribution in [2.45, 2.75) is 32.4 Å². The van der Waals surface area contributed by atoms with Crippen LogP contribution in [0.4, 0.5) is 0 Å². The third-order valence-corrected chi connectivity index (χ3v) is 4.67. The first-order valence-electron chi connectivity index (χ1n) is 9.04. The second-order valence-corrected chi connectivity index (χ2v) is 7.00. The third kappa shape index (κ3) is 4.95. The van der Waals surface area contributed by atoms with Crippen LogP contribution >= 0.6 is 11.6 Å². The number of hydrogen-bond acceptors (Lipinski definition) is 5. The Morgan fingerprint density at radius 2 is 2.07 bits per heavy atom. The van der Waals surface area contributed by atoms with E-state index in [0.29, 0.717) is 23.8 Å². The number of ether oxygens (including phenoxy) is 3. The molecule has 1 aliphatic rings. The Morgan fingerprint density at radius 1 is 1.29 bits per heavy atom. The molecule has 0 spiro atoms. The molecule has 0 aromatic heterocycles. The van der Waals surface area contributed by atoms with Crippen LogP contribution in [-0.2, 0) is 14.3 Å². The number of halogens is 1. The number of hydrogen-bond donors (Lipinski definition) is 1. The van der Waals surface area contributed by atoms with E-state index in [1.807, 2.05) is 31.2 Å². The fourth-order valence-corrected chi connectivity index (χ4v) is 3.20. The molecule has 2 unspecified atom stereocenters. The number of carbonyl (C=O) groups excluding carboxylic acids is 2. The zero-order valence-corrected chi connectivity index (χ0v) is 16.5. The number of rotatable bonds is 6. The quantitative estimate of drug-likeness (QED) is 0.746. The molecule has 148 valence electrons. The summed E-state index contributed by atoms with van der Waals surface area (Å²) in [6.07, 6.45) is -0.278. The summed E-state index contributed by atoms with van der Waals surface area (Å²) in [7, 11) is 0. The molecular formula is C21H22ClNO5. The van der Waals surface area contributed by atoms with Crippen molar-refractivity contribution in [3.63, 3.8) is 0 Å². The molecule has 0 aliphatic carbocycles. The number of amides is 1. The van der Waals surface area contributed by atoms with Gasteiger partial charge < -0.3 is 19.5 Å². The Hall–Kier alpha value is -2.73. The van der Waals surface area contributed by atoms with Crippen molar-refractivity contribution < 1.29 is 23.8 Å². The molecule has 7 heteroatoms. The van der Waals surface area contributed by atoms with Crippen LogP contribution in [0.5, 0.6) is 11.5 Å². The van der Waals surface area contributed by atoms with Gasteiger partial charge in [0.15, 0.2) is 12.7 Å². The Balaban J connectivity index is 1.51. The summed E-state index contributed by atoms with van der Waals surface area (Å²) in [4.78, 5) is 24.5. The minimum Gasteiger partial charge on any atom is -0.493 e. The van der Waals surface area contributed by atoms with Gasteiger partial charge in [-0.05, 0) is 43.7 Å². The number of benzene rings is 2. The summed E-state index contributed by atoms with van der Waals surface area (Å²) >= 11 is 5.90. The molecule has 1 N–H and O–H groups in total. The molecule has 3 rings (SSSR count). The number of carbonyl (C=O) groups is 2. The second kappa shape index (κ2) is 8.97. The molecule has 0 radical (unpaired) electrons. The van der Waals surface area contributed by atoms with Crippen molar-refractivity contribution in [1.82, 2.24) is 5.32 Å². The Morgan fingerprint density at radius 3 is 2.86 bits per heavy atom. The largest absolute Gasteiger partial charge is 0.493 e. The van der Waals surface area contributed by atoms with Crippen LogP contribution < -0.4 is 14.8 Å². The molecule has 0 bridgehead atoms. The minimum absolute atomic E-state index is 0.174. The topological polar surface area (TPSA) is 73.9 Å². The first-order valence-corrected chi connectivity index (χ1v) is 9.42. The number of nitrogens with one attached hydrogen (secondary N) is 1. The van der Waals surface area contributed by atoms with Gasteiger partial charge in [-0.1, -0.05) is 29.8 Å². The first-order chi connectivity index (χ1) is 13.4. The molecule has 0 saturated carbocycles. The molecule has 2 aromatic carbocycles. The van der Waals surface area contributed by atoms with Crippen LogP contribution in [0.1, 0.15) is 30.5 Å². The van der Waals surface area contributed by atoms with E-state index in [0.717, 1.165) is 16.9 Å². The fraction of sp³-hybridized carbons (Fsp3) is 0.333. The van der Waals surface area contributed by atoms with Gasteiger partial charge in [0.05, 0.1) is 12.6 Å². The van der Waals surface area contributed by atoms with Gasteiger partial charge in [-0.15, -0.1) is 0 Å². The molecule has 1 heterocycles. The maximum absolute atomic E-state index is 12.4. The molecule has 28 heavy (non-hydrogen) atoms. The van der Waals surface area contributed by atoms with Crippen molar-refractivity contribution in [1.29, 1.82) is 0 Å². The molecule has 0 saturated heterocycles. The standard InChI is InChI=1S/C21H22ClNO5/c1-13-11-15(22)7-8-18(13)27-12-20(24)28-14(2)21(25)23-17-9-10-26-19-6-4-3-5-16(17)19/h3-8,11,14,17H,9-10,12H2,1-2H3,(H,23,25). The summed E-state index contributed by atoms with van der Waals surface area (Å²) < 4.78 is 16.2. The Labute approximate surface area is 168 Å². The maximum Gasteiger partial charge on any atom is 0.344 e. The van der Waals surface area contributed by atoms with Crippen LogP contribution in [0.3, 0.4) is 0 Å². The lowest BCUT2D eigenvalue weighted by molar-refractivity contribution is -0.157. The molecule has 2 atom stereocenters. The van der Waals surface area contributed by atoms with E-state index >= 15 is 0 Å². The van der Waals surface area contributed by atoms with Gasteiger partial charge in [-0.25, -0.2) is 4.79 Å². The third-order valence-electron chi connectivity index (χ3n) is 4.43. The van der Waals surface area contributed by atoms with Gasteiger partial charge in [0, 0.05) is 17.0 Å². The van der Waals surface area contributed by atoms with Crippen molar-refractivity contribution in [3.05, 3.63) is 58.6 Å². The number of para-hydroxylation sites is 1. The van der Waals surface area contributed by atoms with E-state index in [4.69, 9.17) is 25.8 Å². The lowest BCUT2D eigenvalue weighted by Gasteiger charge is -2.27. The highest BCUT2D eigenvalue weighted by Gasteiger charge is 2.26. The zero-order valence-electron chi connectivity index (χ0n) is 15.7. The average Bonchev–Trinajstić information content (AvgIpc) is 2.67. The summed E-state index contributed by atoms with van der Waals surface area (Å²) in [6.45, 7) is 3.59. The minimum atomic E-state index is -0.933. The first kappa shape index (κ1) is 20.0. The molecule has 1 aliphatic heterocycles. The van der Waals surface area contributed by atoms with E-state index in [2.05, 4.69) is 5.32 Å². The fourth-order valence-electron chi connectivity index (χ4n) is 2.98. The number of aryl methyl sites for hydroxylation is 1. The predicted molar refractivity (Wildman–Crippen MR) is 105 cm³/mol. The summed E-state index contributed by atoms with van der Waals surface area (Å²) in [5.74, 6) is 0.315. The van der Waals surface area contributed by atoms with Crippen LogP contribution in [0, 0.1) is 6.92 Å². The predicted octanol–water partition coefficient (Wildman–Crippen LogP) is 3.60. The van der Waals surface area contributed by atoms with E-state index in [-0.39, 0.29) is 18.6 Å². The zero-order chi connectivity index (χ0) is 20.1. The summed E-state index contributed by atoms with van der Waals surface area (Å²) in [6, 6.07) is 12.5. The highest BCUT2D eigenvalue weighted by atomic mass is 35.5. The van der Waals surface area contributed by atoms with Gasteiger partial charge in [-0.3, -0.25) is 4.79 Å². The van der Waals surface area contributed by atoms with E-state index in [9.17, 15) is 9.59 Å². The van der Waals surface area contributed by atoms with Crippen LogP contribution in [0.25, 0.3) is 0 Å². The van der Waals surface area contributed by atoms with Gasteiger partial charge in [-0.2, -0.15) is 0 Å². The van der Waals surface area contributed by atoms with E-state index in [1.54, 1.807) is 18.2 Å². The van der Waals surface area contributed by atoms with Crippen molar-refractivity contribution in [2.75, 3.05) is 13.2 Å². The smallest absolute Gasteiger partial charge is 0.344 e. The lowest BCUT2D eigenvalue weighted by Crippen LogP contribution is -2.40.